The van der Waals surface area contributed by atoms with Crippen LogP contribution < -0.4 is 10.6 Å². The van der Waals surface area contributed by atoms with Crippen molar-refractivity contribution in [2.24, 2.45) is 0 Å². The topological polar surface area (TPSA) is 58.2 Å². The van der Waals surface area contributed by atoms with E-state index < -0.39 is 28.9 Å². The van der Waals surface area contributed by atoms with Gasteiger partial charge in [-0.2, -0.15) is 0 Å². The molecule has 0 heterocycles. The average Bonchev–Trinajstić information content (AvgIpc) is 2.63. The first-order chi connectivity index (χ1) is 12.3. The molecule has 0 spiro atoms. The van der Waals surface area contributed by atoms with Crippen LogP contribution >= 0.6 is 0 Å². The van der Waals surface area contributed by atoms with Crippen LogP contribution in [-0.2, 0) is 0 Å². The van der Waals surface area contributed by atoms with Crippen molar-refractivity contribution in [3.8, 4) is 0 Å². The standard InChI is InChI=1S/C19H19F3N2O2/c1-11(2)12-3-5-13(6-4-12)18(25)23-9-10-24-19(26)14-7-8-15(20)17(22)16(14)21/h3-8,11H,9-10H2,1-2H3,(H,23,25)(H,24,26). The number of carbonyl (C=O) groups excluding carboxylic acids is 2. The van der Waals surface area contributed by atoms with Crippen molar-refractivity contribution in [2.75, 3.05) is 13.1 Å². The van der Waals surface area contributed by atoms with E-state index in [-0.39, 0.29) is 19.0 Å². The number of benzene rings is 2. The highest BCUT2D eigenvalue weighted by Crippen LogP contribution is 2.15. The van der Waals surface area contributed by atoms with Gasteiger partial charge in [-0.15, -0.1) is 0 Å². The van der Waals surface area contributed by atoms with Gasteiger partial charge in [0.15, 0.2) is 17.5 Å². The lowest BCUT2D eigenvalue weighted by Crippen LogP contribution is -2.35. The molecule has 2 aromatic rings. The Bertz CT molecular complexity index is 805. The molecule has 2 aromatic carbocycles. The SMILES string of the molecule is CC(C)c1ccc(C(=O)NCCNC(=O)c2ccc(F)c(F)c2F)cc1. The molecule has 0 aromatic heterocycles. The van der Waals surface area contributed by atoms with Gasteiger partial charge < -0.3 is 10.6 Å². The molecule has 0 aliphatic rings. The molecule has 0 saturated heterocycles. The molecule has 138 valence electrons. The fourth-order valence-electron chi connectivity index (χ4n) is 2.27. The van der Waals surface area contributed by atoms with Gasteiger partial charge >= 0.3 is 0 Å². The molecular formula is C19H19F3N2O2. The number of amides is 2. The van der Waals surface area contributed by atoms with Gasteiger partial charge in [-0.25, -0.2) is 13.2 Å². The van der Waals surface area contributed by atoms with Crippen LogP contribution in [0.3, 0.4) is 0 Å². The highest BCUT2D eigenvalue weighted by atomic mass is 19.2. The van der Waals surface area contributed by atoms with E-state index >= 15 is 0 Å². The van der Waals surface area contributed by atoms with Crippen LogP contribution in [0, 0.1) is 17.5 Å². The summed E-state index contributed by atoms with van der Waals surface area (Å²) in [6, 6.07) is 8.69. The van der Waals surface area contributed by atoms with Crippen LogP contribution in [0.2, 0.25) is 0 Å². The van der Waals surface area contributed by atoms with Crippen molar-refractivity contribution in [1.29, 1.82) is 0 Å². The quantitative estimate of drug-likeness (QED) is 0.610. The molecule has 2 N–H and O–H groups in total. The van der Waals surface area contributed by atoms with Gasteiger partial charge in [0.05, 0.1) is 5.56 Å². The Morgan fingerprint density at radius 2 is 1.42 bits per heavy atom. The number of rotatable bonds is 6. The summed E-state index contributed by atoms with van der Waals surface area (Å²) in [4.78, 5) is 23.8. The molecule has 2 amide bonds. The minimum absolute atomic E-state index is 0.00703. The average molecular weight is 364 g/mol. The minimum atomic E-state index is -1.70. The second-order valence-electron chi connectivity index (χ2n) is 6.01. The lowest BCUT2D eigenvalue weighted by atomic mass is 10.0. The number of hydrogen-bond acceptors (Lipinski definition) is 2. The first-order valence-electron chi connectivity index (χ1n) is 8.11. The van der Waals surface area contributed by atoms with E-state index in [1.54, 1.807) is 12.1 Å². The zero-order chi connectivity index (χ0) is 19.3. The molecule has 0 aliphatic heterocycles. The van der Waals surface area contributed by atoms with Crippen LogP contribution in [0.4, 0.5) is 13.2 Å². The van der Waals surface area contributed by atoms with Crippen LogP contribution in [0.25, 0.3) is 0 Å². The summed E-state index contributed by atoms with van der Waals surface area (Å²) in [6.45, 7) is 4.20. The second kappa shape index (κ2) is 8.51. The first-order valence-corrected chi connectivity index (χ1v) is 8.11. The van der Waals surface area contributed by atoms with E-state index in [1.165, 1.54) is 0 Å². The van der Waals surface area contributed by atoms with E-state index in [0.29, 0.717) is 17.5 Å². The van der Waals surface area contributed by atoms with Gasteiger partial charge in [0.2, 0.25) is 0 Å². The Balaban J connectivity index is 1.84. The third-order valence-electron chi connectivity index (χ3n) is 3.82. The van der Waals surface area contributed by atoms with Crippen molar-refractivity contribution in [3.63, 3.8) is 0 Å². The Kier molecular flexibility index (Phi) is 6.38. The van der Waals surface area contributed by atoms with Crippen molar-refractivity contribution in [2.45, 2.75) is 19.8 Å². The van der Waals surface area contributed by atoms with E-state index in [0.717, 1.165) is 11.6 Å². The number of carbonyl (C=O) groups is 2. The molecule has 0 saturated carbocycles. The van der Waals surface area contributed by atoms with Crippen LogP contribution in [0.5, 0.6) is 0 Å². The zero-order valence-electron chi connectivity index (χ0n) is 14.4. The van der Waals surface area contributed by atoms with Gasteiger partial charge in [0.1, 0.15) is 0 Å². The van der Waals surface area contributed by atoms with Gasteiger partial charge in [-0.05, 0) is 35.7 Å². The summed E-state index contributed by atoms with van der Waals surface area (Å²) in [7, 11) is 0. The third-order valence-corrected chi connectivity index (χ3v) is 3.82. The Hall–Kier alpha value is -2.83. The number of halogens is 3. The summed E-state index contributed by atoms with van der Waals surface area (Å²) in [5.41, 5.74) is 0.995. The molecule has 0 aliphatic carbocycles. The molecule has 26 heavy (non-hydrogen) atoms. The molecule has 0 atom stereocenters. The molecule has 7 heteroatoms. The number of hydrogen-bond donors (Lipinski definition) is 2. The molecule has 0 bridgehead atoms. The van der Waals surface area contributed by atoms with Gasteiger partial charge in [-0.1, -0.05) is 26.0 Å². The summed E-state index contributed by atoms with van der Waals surface area (Å²) in [5, 5.41) is 4.94. The Morgan fingerprint density at radius 3 is 2.00 bits per heavy atom. The molecule has 2 rings (SSSR count). The maximum atomic E-state index is 13.5. The van der Waals surface area contributed by atoms with Gasteiger partial charge in [0.25, 0.3) is 11.8 Å². The molecule has 0 unspecified atom stereocenters. The van der Waals surface area contributed by atoms with Gasteiger partial charge in [0, 0.05) is 18.7 Å². The summed E-state index contributed by atoms with van der Waals surface area (Å²) < 4.78 is 39.5. The smallest absolute Gasteiger partial charge is 0.254 e. The van der Waals surface area contributed by atoms with Crippen LogP contribution in [0.15, 0.2) is 36.4 Å². The normalized spacial score (nSPS) is 10.7. The number of nitrogens with one attached hydrogen (secondary N) is 2. The molecular weight excluding hydrogens is 345 g/mol. The van der Waals surface area contributed by atoms with Gasteiger partial charge in [-0.3, -0.25) is 9.59 Å². The predicted octanol–water partition coefficient (Wildman–Crippen LogP) is 3.39. The second-order valence-corrected chi connectivity index (χ2v) is 6.01. The highest BCUT2D eigenvalue weighted by molar-refractivity contribution is 5.95. The fourth-order valence-corrected chi connectivity index (χ4v) is 2.27. The minimum Gasteiger partial charge on any atom is -0.350 e. The Morgan fingerprint density at radius 1 is 0.846 bits per heavy atom. The largest absolute Gasteiger partial charge is 0.350 e. The van der Waals surface area contributed by atoms with E-state index in [9.17, 15) is 22.8 Å². The molecule has 0 fully saturated rings. The maximum Gasteiger partial charge on any atom is 0.254 e. The van der Waals surface area contributed by atoms with Crippen LogP contribution in [0.1, 0.15) is 46.0 Å². The molecule has 4 nitrogen and oxygen atoms in total. The van der Waals surface area contributed by atoms with E-state index in [1.807, 2.05) is 26.0 Å². The summed E-state index contributed by atoms with van der Waals surface area (Å²) >= 11 is 0. The summed E-state index contributed by atoms with van der Waals surface area (Å²) in [6.07, 6.45) is 0. The fraction of sp³-hybridized carbons (Fsp3) is 0.263. The van der Waals surface area contributed by atoms with Crippen molar-refractivity contribution < 1.29 is 22.8 Å². The van der Waals surface area contributed by atoms with Crippen molar-refractivity contribution >= 4 is 11.8 Å². The summed E-state index contributed by atoms with van der Waals surface area (Å²) in [5.74, 6) is -5.45. The van der Waals surface area contributed by atoms with E-state index in [2.05, 4.69) is 10.6 Å². The highest BCUT2D eigenvalue weighted by Gasteiger charge is 2.18. The predicted molar refractivity (Wildman–Crippen MR) is 91.5 cm³/mol. The zero-order valence-corrected chi connectivity index (χ0v) is 14.4. The Labute approximate surface area is 149 Å². The van der Waals surface area contributed by atoms with Crippen LogP contribution in [-0.4, -0.2) is 24.9 Å². The van der Waals surface area contributed by atoms with Crippen molar-refractivity contribution in [3.05, 3.63) is 70.5 Å². The third kappa shape index (κ3) is 4.62. The monoisotopic (exact) mass is 364 g/mol. The lowest BCUT2D eigenvalue weighted by Gasteiger charge is -2.09. The first kappa shape index (κ1) is 19.5. The maximum absolute atomic E-state index is 13.5. The van der Waals surface area contributed by atoms with Crippen molar-refractivity contribution in [1.82, 2.24) is 10.6 Å². The lowest BCUT2D eigenvalue weighted by molar-refractivity contribution is 0.0924. The van der Waals surface area contributed by atoms with E-state index in [4.69, 9.17) is 0 Å². The molecule has 0 radical (unpaired) electrons.